The molecule has 0 bridgehead atoms. The lowest BCUT2D eigenvalue weighted by Crippen LogP contribution is -2.57. The lowest BCUT2D eigenvalue weighted by molar-refractivity contribution is -0.143. The van der Waals surface area contributed by atoms with Gasteiger partial charge in [-0.2, -0.15) is 0 Å². The van der Waals surface area contributed by atoms with Crippen LogP contribution >= 0.6 is 0 Å². The number of unbranched alkanes of at least 4 members (excludes halogenated alkanes) is 2. The van der Waals surface area contributed by atoms with Crippen LogP contribution in [0.1, 0.15) is 64.2 Å². The third-order valence-corrected chi connectivity index (χ3v) is 5.46. The summed E-state index contributed by atoms with van der Waals surface area (Å²) >= 11 is 0. The first-order valence-electron chi connectivity index (χ1n) is 12.2. The molecule has 0 saturated heterocycles. The smallest absolute Gasteiger partial charge is 0.326 e. The second kappa shape index (κ2) is 18.9. The van der Waals surface area contributed by atoms with E-state index in [4.69, 9.17) is 28.0 Å². The number of hydrogen-bond acceptors (Lipinski definition) is 9. The molecule has 0 aromatic carbocycles. The lowest BCUT2D eigenvalue weighted by Gasteiger charge is -2.25. The van der Waals surface area contributed by atoms with Gasteiger partial charge in [0.05, 0.1) is 6.04 Å². The Morgan fingerprint density at radius 3 is 1.49 bits per heavy atom. The molecule has 0 heterocycles. The van der Waals surface area contributed by atoms with Crippen molar-refractivity contribution in [3.8, 4) is 0 Å². The van der Waals surface area contributed by atoms with Crippen molar-refractivity contribution in [2.75, 3.05) is 13.1 Å². The van der Waals surface area contributed by atoms with Gasteiger partial charge in [-0.15, -0.1) is 0 Å². The van der Waals surface area contributed by atoms with Crippen LogP contribution in [0.3, 0.4) is 0 Å². The molecule has 15 nitrogen and oxygen atoms in total. The van der Waals surface area contributed by atoms with Gasteiger partial charge in [-0.25, -0.2) is 4.79 Å². The monoisotopic (exact) mass is 531 g/mol. The van der Waals surface area contributed by atoms with Gasteiger partial charge in [0.15, 0.2) is 0 Å². The Bertz CT molecular complexity index is 780. The fraction of sp³-hybridized carbons (Fsp3) is 0.727. The average molecular weight is 532 g/mol. The van der Waals surface area contributed by atoms with Crippen molar-refractivity contribution >= 4 is 35.6 Å². The van der Waals surface area contributed by atoms with E-state index in [9.17, 15) is 33.9 Å². The minimum absolute atomic E-state index is 0.0185. The van der Waals surface area contributed by atoms with Gasteiger partial charge in [0.1, 0.15) is 18.1 Å². The van der Waals surface area contributed by atoms with E-state index in [-0.39, 0.29) is 32.1 Å². The van der Waals surface area contributed by atoms with Crippen LogP contribution in [0, 0.1) is 0 Å². The van der Waals surface area contributed by atoms with Crippen molar-refractivity contribution in [2.45, 2.75) is 88.4 Å². The van der Waals surface area contributed by atoms with Crippen LogP contribution in [-0.4, -0.2) is 83.0 Å². The molecule has 0 spiro atoms. The Morgan fingerprint density at radius 1 is 0.622 bits per heavy atom. The first-order valence-corrected chi connectivity index (χ1v) is 12.2. The maximum atomic E-state index is 13.1. The number of nitrogens with two attached hydrogens (primary N) is 4. The van der Waals surface area contributed by atoms with Crippen molar-refractivity contribution < 1.29 is 39.0 Å². The summed E-state index contributed by atoms with van der Waals surface area (Å²) in [5.41, 5.74) is 21.9. The van der Waals surface area contributed by atoms with Crippen molar-refractivity contribution in [2.24, 2.45) is 22.9 Å². The van der Waals surface area contributed by atoms with Gasteiger partial charge in [-0.05, 0) is 64.5 Å². The van der Waals surface area contributed by atoms with E-state index in [0.29, 0.717) is 38.8 Å². The summed E-state index contributed by atoms with van der Waals surface area (Å²) in [6, 6.07) is -4.80. The summed E-state index contributed by atoms with van der Waals surface area (Å²) in [4.78, 5) is 71.7. The molecular weight excluding hydrogens is 490 g/mol. The number of carbonyl (C=O) groups excluding carboxylic acids is 4. The topological polar surface area (TPSA) is 283 Å². The van der Waals surface area contributed by atoms with Gasteiger partial charge in [0.2, 0.25) is 23.6 Å². The fourth-order valence-corrected chi connectivity index (χ4v) is 3.30. The number of carbonyl (C=O) groups is 6. The van der Waals surface area contributed by atoms with Gasteiger partial charge in [0.25, 0.3) is 0 Å². The summed E-state index contributed by atoms with van der Waals surface area (Å²) < 4.78 is 0. The first kappa shape index (κ1) is 33.7. The number of amides is 4. The van der Waals surface area contributed by atoms with Crippen molar-refractivity contribution in [3.63, 3.8) is 0 Å². The van der Waals surface area contributed by atoms with Gasteiger partial charge < -0.3 is 49.1 Å². The normalized spacial score (nSPS) is 14.0. The van der Waals surface area contributed by atoms with E-state index in [1.807, 2.05) is 0 Å². The summed E-state index contributed by atoms with van der Waals surface area (Å²) in [7, 11) is 0. The highest BCUT2D eigenvalue weighted by Crippen LogP contribution is 2.08. The third-order valence-electron chi connectivity index (χ3n) is 5.46. The molecule has 212 valence electrons. The maximum Gasteiger partial charge on any atom is 0.326 e. The molecule has 4 unspecified atom stereocenters. The highest BCUT2D eigenvalue weighted by Gasteiger charge is 2.30. The third kappa shape index (κ3) is 15.4. The van der Waals surface area contributed by atoms with Crippen LogP contribution < -0.4 is 38.9 Å². The zero-order valence-electron chi connectivity index (χ0n) is 20.9. The number of aliphatic carboxylic acids is 2. The van der Waals surface area contributed by atoms with Gasteiger partial charge in [0, 0.05) is 12.8 Å². The van der Waals surface area contributed by atoms with Crippen LogP contribution in [0.5, 0.6) is 0 Å². The maximum absolute atomic E-state index is 13.1. The summed E-state index contributed by atoms with van der Waals surface area (Å²) in [6.45, 7) is 0.692. The second-order valence-corrected chi connectivity index (χ2v) is 8.63. The molecular formula is C22H41N7O8. The van der Waals surface area contributed by atoms with Crippen LogP contribution in [0.2, 0.25) is 0 Å². The average Bonchev–Trinajstić information content (AvgIpc) is 2.83. The molecule has 4 amide bonds. The van der Waals surface area contributed by atoms with Crippen molar-refractivity contribution in [1.82, 2.24) is 16.0 Å². The Labute approximate surface area is 215 Å². The van der Waals surface area contributed by atoms with E-state index in [1.54, 1.807) is 0 Å². The number of carboxylic acids is 2. The molecule has 15 heteroatoms. The van der Waals surface area contributed by atoms with Gasteiger partial charge >= 0.3 is 11.9 Å². The standard InChI is InChI=1S/C22H41N7O8/c23-11-3-1-5-14(27-19(33)13(25)7-9-17(26)30)20(34)28-15(6-2-4-12-24)21(35)29-16(22(36)37)8-10-18(31)32/h13-16H,1-12,23-25H2,(H2,26,30)(H,27,33)(H,28,34)(H,29,35)(H,31,32)(H,36,37). The van der Waals surface area contributed by atoms with E-state index in [2.05, 4.69) is 16.0 Å². The molecule has 37 heavy (non-hydrogen) atoms. The number of carboxylic acid groups (broad SMARTS) is 2. The minimum Gasteiger partial charge on any atom is -0.481 e. The molecule has 0 rings (SSSR count). The van der Waals surface area contributed by atoms with E-state index < -0.39 is 66.2 Å². The summed E-state index contributed by atoms with van der Waals surface area (Å²) in [6.07, 6.45) is 1.36. The zero-order valence-corrected chi connectivity index (χ0v) is 20.9. The number of nitrogens with one attached hydrogen (secondary N) is 3. The molecule has 0 aromatic heterocycles. The Morgan fingerprint density at radius 2 is 1.08 bits per heavy atom. The minimum atomic E-state index is -1.47. The number of rotatable bonds is 21. The number of primary amides is 1. The predicted octanol–water partition coefficient (Wildman–Crippen LogP) is -2.76. The van der Waals surface area contributed by atoms with E-state index in [1.165, 1.54) is 0 Å². The lowest BCUT2D eigenvalue weighted by atomic mass is 10.0. The predicted molar refractivity (Wildman–Crippen MR) is 133 cm³/mol. The fourth-order valence-electron chi connectivity index (χ4n) is 3.30. The molecule has 0 aliphatic carbocycles. The van der Waals surface area contributed by atoms with Crippen molar-refractivity contribution in [3.05, 3.63) is 0 Å². The Hall–Kier alpha value is -3.30. The molecule has 0 saturated carbocycles. The molecule has 0 fully saturated rings. The highest BCUT2D eigenvalue weighted by atomic mass is 16.4. The second-order valence-electron chi connectivity index (χ2n) is 8.63. The van der Waals surface area contributed by atoms with Gasteiger partial charge in [-0.1, -0.05) is 0 Å². The van der Waals surface area contributed by atoms with Crippen LogP contribution in [0.15, 0.2) is 0 Å². The Balaban J connectivity index is 5.53. The highest BCUT2D eigenvalue weighted by molar-refractivity contribution is 5.94. The summed E-state index contributed by atoms with van der Waals surface area (Å²) in [5.74, 6) is -5.46. The van der Waals surface area contributed by atoms with Crippen molar-refractivity contribution in [1.29, 1.82) is 0 Å². The molecule has 4 atom stereocenters. The summed E-state index contributed by atoms with van der Waals surface area (Å²) in [5, 5.41) is 25.5. The van der Waals surface area contributed by atoms with Crippen LogP contribution in [0.4, 0.5) is 0 Å². The molecule has 0 radical (unpaired) electrons. The van der Waals surface area contributed by atoms with Crippen LogP contribution in [0.25, 0.3) is 0 Å². The molecule has 0 aliphatic rings. The molecule has 13 N–H and O–H groups in total. The molecule has 0 aliphatic heterocycles. The Kier molecular flexibility index (Phi) is 17.2. The van der Waals surface area contributed by atoms with Crippen LogP contribution in [-0.2, 0) is 28.8 Å². The quantitative estimate of drug-likeness (QED) is 0.0683. The zero-order chi connectivity index (χ0) is 28.4. The number of hydrogen-bond donors (Lipinski definition) is 9. The molecule has 0 aromatic rings. The SMILES string of the molecule is NCCCCC(NC(=O)C(N)CCC(N)=O)C(=O)NC(CCCCN)C(=O)NC(CCC(=O)O)C(=O)O. The van der Waals surface area contributed by atoms with E-state index in [0.717, 1.165) is 0 Å². The largest absolute Gasteiger partial charge is 0.481 e. The van der Waals surface area contributed by atoms with Gasteiger partial charge in [-0.3, -0.25) is 24.0 Å². The van der Waals surface area contributed by atoms with E-state index >= 15 is 0 Å². The first-order chi connectivity index (χ1) is 17.4.